The predicted molar refractivity (Wildman–Crippen MR) is 88.3 cm³/mol. The summed E-state index contributed by atoms with van der Waals surface area (Å²) in [5, 5.41) is 4.26. The summed E-state index contributed by atoms with van der Waals surface area (Å²) in [7, 11) is 0. The Bertz CT molecular complexity index is 602. The molecule has 2 rings (SSSR count). The molecule has 106 valence electrons. The van der Waals surface area contributed by atoms with Crippen LogP contribution in [-0.4, -0.2) is 6.04 Å². The summed E-state index contributed by atoms with van der Waals surface area (Å²) in [4.78, 5) is 0. The van der Waals surface area contributed by atoms with Crippen LogP contribution in [0.25, 0.3) is 11.1 Å². The van der Waals surface area contributed by atoms with E-state index in [4.69, 9.17) is 11.6 Å². The normalized spacial score (nSPS) is 11.1. The van der Waals surface area contributed by atoms with E-state index in [1.54, 1.807) is 0 Å². The minimum Gasteiger partial charge on any atom is -0.310 e. The maximum Gasteiger partial charge on any atom is 0.0412 e. The third kappa shape index (κ3) is 3.62. The number of hydrogen-bond donors (Lipinski definition) is 1. The van der Waals surface area contributed by atoms with Crippen molar-refractivity contribution in [3.63, 3.8) is 0 Å². The summed E-state index contributed by atoms with van der Waals surface area (Å²) in [5.74, 6) is 0. The molecule has 0 amide bonds. The number of aryl methyl sites for hydroxylation is 2. The van der Waals surface area contributed by atoms with Crippen LogP contribution in [0.2, 0.25) is 5.02 Å². The fraction of sp³-hybridized carbons (Fsp3) is 0.333. The molecule has 0 radical (unpaired) electrons. The molecule has 0 atom stereocenters. The van der Waals surface area contributed by atoms with Gasteiger partial charge in [-0.05, 0) is 53.8 Å². The van der Waals surface area contributed by atoms with Gasteiger partial charge in [0.05, 0.1) is 0 Å². The fourth-order valence-electron chi connectivity index (χ4n) is 2.19. The first-order valence-corrected chi connectivity index (χ1v) is 7.44. The second-order valence-electron chi connectivity index (χ2n) is 5.64. The highest BCUT2D eigenvalue weighted by Crippen LogP contribution is 2.28. The van der Waals surface area contributed by atoms with Crippen molar-refractivity contribution in [3.8, 4) is 11.1 Å². The molecule has 0 saturated carbocycles. The SMILES string of the molecule is Cc1ccc(-c2cc(Cl)ccc2CNC(C)C)cc1C. The average molecular weight is 288 g/mol. The number of hydrogen-bond acceptors (Lipinski definition) is 1. The first kappa shape index (κ1) is 15.1. The predicted octanol–water partition coefficient (Wildman–Crippen LogP) is 5.12. The number of halogens is 1. The Kier molecular flexibility index (Phi) is 4.85. The highest BCUT2D eigenvalue weighted by molar-refractivity contribution is 6.30. The lowest BCUT2D eigenvalue weighted by Gasteiger charge is -2.14. The third-order valence-electron chi connectivity index (χ3n) is 3.59. The van der Waals surface area contributed by atoms with E-state index >= 15 is 0 Å². The zero-order valence-corrected chi connectivity index (χ0v) is 13.4. The van der Waals surface area contributed by atoms with E-state index in [9.17, 15) is 0 Å². The van der Waals surface area contributed by atoms with E-state index in [2.05, 4.69) is 63.3 Å². The van der Waals surface area contributed by atoms with Crippen LogP contribution in [0.3, 0.4) is 0 Å². The zero-order valence-electron chi connectivity index (χ0n) is 12.6. The molecule has 0 aliphatic carbocycles. The van der Waals surface area contributed by atoms with Gasteiger partial charge >= 0.3 is 0 Å². The van der Waals surface area contributed by atoms with Crippen molar-refractivity contribution in [2.45, 2.75) is 40.3 Å². The Labute approximate surface area is 127 Å². The molecule has 0 bridgehead atoms. The van der Waals surface area contributed by atoms with E-state index in [0.29, 0.717) is 6.04 Å². The van der Waals surface area contributed by atoms with Gasteiger partial charge in [0.25, 0.3) is 0 Å². The number of rotatable bonds is 4. The summed E-state index contributed by atoms with van der Waals surface area (Å²) >= 11 is 6.18. The van der Waals surface area contributed by atoms with E-state index in [0.717, 1.165) is 11.6 Å². The third-order valence-corrected chi connectivity index (χ3v) is 3.83. The number of nitrogens with one attached hydrogen (secondary N) is 1. The summed E-state index contributed by atoms with van der Waals surface area (Å²) in [6, 6.07) is 13.2. The van der Waals surface area contributed by atoms with E-state index < -0.39 is 0 Å². The van der Waals surface area contributed by atoms with Gasteiger partial charge in [-0.3, -0.25) is 0 Å². The Balaban J connectivity index is 2.42. The van der Waals surface area contributed by atoms with E-state index in [1.165, 1.54) is 27.8 Å². The molecule has 0 saturated heterocycles. The first-order valence-electron chi connectivity index (χ1n) is 7.07. The van der Waals surface area contributed by atoms with Crippen LogP contribution in [-0.2, 0) is 6.54 Å². The van der Waals surface area contributed by atoms with Gasteiger partial charge in [-0.25, -0.2) is 0 Å². The van der Waals surface area contributed by atoms with Gasteiger partial charge in [-0.2, -0.15) is 0 Å². The Hall–Kier alpha value is -1.31. The minimum atomic E-state index is 0.471. The van der Waals surface area contributed by atoms with Crippen molar-refractivity contribution >= 4 is 11.6 Å². The highest BCUT2D eigenvalue weighted by Gasteiger charge is 2.08. The minimum absolute atomic E-state index is 0.471. The molecule has 0 heterocycles. The van der Waals surface area contributed by atoms with Gasteiger partial charge in [-0.15, -0.1) is 0 Å². The van der Waals surface area contributed by atoms with Crippen LogP contribution in [0.5, 0.6) is 0 Å². The lowest BCUT2D eigenvalue weighted by Crippen LogP contribution is -2.22. The Morgan fingerprint density at radius 1 is 1.00 bits per heavy atom. The largest absolute Gasteiger partial charge is 0.310 e. The molecule has 1 nitrogen and oxygen atoms in total. The van der Waals surface area contributed by atoms with Crippen molar-refractivity contribution < 1.29 is 0 Å². The second kappa shape index (κ2) is 6.43. The first-order chi connectivity index (χ1) is 9.47. The van der Waals surface area contributed by atoms with Gasteiger partial charge in [0.2, 0.25) is 0 Å². The quantitative estimate of drug-likeness (QED) is 0.823. The van der Waals surface area contributed by atoms with Gasteiger partial charge in [0, 0.05) is 17.6 Å². The standard InChI is InChI=1S/C18H22ClN/c1-12(2)20-11-16-7-8-17(19)10-18(16)15-6-5-13(3)14(4)9-15/h5-10,12,20H,11H2,1-4H3. The topological polar surface area (TPSA) is 12.0 Å². The molecule has 0 unspecified atom stereocenters. The molecular formula is C18H22ClN. The zero-order chi connectivity index (χ0) is 14.7. The summed E-state index contributed by atoms with van der Waals surface area (Å²) in [6.45, 7) is 9.46. The van der Waals surface area contributed by atoms with Gasteiger partial charge < -0.3 is 5.32 Å². The average Bonchev–Trinajstić information content (AvgIpc) is 2.40. The fourth-order valence-corrected chi connectivity index (χ4v) is 2.37. The Morgan fingerprint density at radius 3 is 2.40 bits per heavy atom. The molecule has 0 aliphatic rings. The van der Waals surface area contributed by atoms with Crippen LogP contribution >= 0.6 is 11.6 Å². The smallest absolute Gasteiger partial charge is 0.0412 e. The second-order valence-corrected chi connectivity index (χ2v) is 6.07. The highest BCUT2D eigenvalue weighted by atomic mass is 35.5. The molecule has 1 N–H and O–H groups in total. The van der Waals surface area contributed by atoms with Crippen LogP contribution in [0.1, 0.15) is 30.5 Å². The van der Waals surface area contributed by atoms with Crippen molar-refractivity contribution in [3.05, 3.63) is 58.1 Å². The van der Waals surface area contributed by atoms with Crippen molar-refractivity contribution in [1.82, 2.24) is 5.32 Å². The molecule has 20 heavy (non-hydrogen) atoms. The van der Waals surface area contributed by atoms with Gasteiger partial charge in [0.15, 0.2) is 0 Å². The molecular weight excluding hydrogens is 266 g/mol. The molecule has 0 fully saturated rings. The summed E-state index contributed by atoms with van der Waals surface area (Å²) in [5.41, 5.74) is 6.36. The lowest BCUT2D eigenvalue weighted by molar-refractivity contribution is 0.589. The van der Waals surface area contributed by atoms with Crippen LogP contribution in [0, 0.1) is 13.8 Å². The van der Waals surface area contributed by atoms with Crippen LogP contribution in [0.4, 0.5) is 0 Å². The Morgan fingerprint density at radius 2 is 1.75 bits per heavy atom. The van der Waals surface area contributed by atoms with Crippen molar-refractivity contribution in [2.24, 2.45) is 0 Å². The number of benzene rings is 2. The summed E-state index contributed by atoms with van der Waals surface area (Å²) in [6.07, 6.45) is 0. The molecule has 0 aliphatic heterocycles. The molecule has 0 spiro atoms. The van der Waals surface area contributed by atoms with Gasteiger partial charge in [0.1, 0.15) is 0 Å². The molecule has 2 heteroatoms. The van der Waals surface area contributed by atoms with E-state index in [1.807, 2.05) is 6.07 Å². The lowest BCUT2D eigenvalue weighted by atomic mass is 9.96. The van der Waals surface area contributed by atoms with Crippen LogP contribution < -0.4 is 5.32 Å². The summed E-state index contributed by atoms with van der Waals surface area (Å²) < 4.78 is 0. The van der Waals surface area contributed by atoms with Crippen LogP contribution in [0.15, 0.2) is 36.4 Å². The molecule has 2 aromatic rings. The van der Waals surface area contributed by atoms with Crippen molar-refractivity contribution in [1.29, 1.82) is 0 Å². The molecule has 2 aromatic carbocycles. The maximum atomic E-state index is 6.18. The maximum absolute atomic E-state index is 6.18. The van der Waals surface area contributed by atoms with Crippen molar-refractivity contribution in [2.75, 3.05) is 0 Å². The molecule has 0 aromatic heterocycles. The van der Waals surface area contributed by atoms with E-state index in [-0.39, 0.29) is 0 Å². The van der Waals surface area contributed by atoms with Gasteiger partial charge in [-0.1, -0.05) is 49.7 Å². The monoisotopic (exact) mass is 287 g/mol.